The predicted octanol–water partition coefficient (Wildman–Crippen LogP) is 3.93. The van der Waals surface area contributed by atoms with Gasteiger partial charge in [0.25, 0.3) is 0 Å². The predicted molar refractivity (Wildman–Crippen MR) is 98.0 cm³/mol. The molecular formula is C19H19N3O2S. The molecule has 128 valence electrons. The smallest absolute Gasteiger partial charge is 0.191 e. The van der Waals surface area contributed by atoms with Gasteiger partial charge in [-0.25, -0.2) is 0 Å². The lowest BCUT2D eigenvalue weighted by molar-refractivity contribution is 0.102. The van der Waals surface area contributed by atoms with E-state index in [4.69, 9.17) is 4.74 Å². The molecule has 1 atom stereocenters. The van der Waals surface area contributed by atoms with Crippen LogP contribution < -0.4 is 4.74 Å². The van der Waals surface area contributed by atoms with Gasteiger partial charge in [0.1, 0.15) is 5.75 Å². The highest BCUT2D eigenvalue weighted by Crippen LogP contribution is 2.23. The van der Waals surface area contributed by atoms with E-state index in [0.29, 0.717) is 16.5 Å². The summed E-state index contributed by atoms with van der Waals surface area (Å²) in [6.07, 6.45) is -0.237. The molecule has 0 unspecified atom stereocenters. The van der Waals surface area contributed by atoms with Crippen LogP contribution in [-0.4, -0.2) is 26.3 Å². The van der Waals surface area contributed by atoms with Crippen molar-refractivity contribution < 1.29 is 9.53 Å². The fourth-order valence-electron chi connectivity index (χ4n) is 2.40. The normalized spacial score (nSPS) is 11.9. The van der Waals surface area contributed by atoms with E-state index < -0.39 is 0 Å². The number of Topliss-reactive ketones (excluding diaryl/α,β-unsaturated/α-hetero) is 1. The summed E-state index contributed by atoms with van der Waals surface area (Å²) in [7, 11) is 1.88. The summed E-state index contributed by atoms with van der Waals surface area (Å²) in [6.45, 7) is 1.93. The Morgan fingerprint density at radius 1 is 1.08 bits per heavy atom. The fourth-order valence-corrected chi connectivity index (χ4v) is 3.21. The summed E-state index contributed by atoms with van der Waals surface area (Å²) in [5.41, 5.74) is 0.707. The van der Waals surface area contributed by atoms with Gasteiger partial charge in [0.2, 0.25) is 0 Å². The summed E-state index contributed by atoms with van der Waals surface area (Å²) >= 11 is 1.38. The molecule has 0 saturated carbocycles. The highest BCUT2D eigenvalue weighted by atomic mass is 32.2. The molecule has 0 aliphatic carbocycles. The standard InChI is InChI=1S/C19H19N3O2S/c1-14(24-16-11-7-4-8-12-16)18-20-21-19(22(18)2)25-13-17(23)15-9-5-3-6-10-15/h3-12,14H,13H2,1-2H3/t14-/m1/s1. The number of carbonyl (C=O) groups is 1. The van der Waals surface area contributed by atoms with Gasteiger partial charge in [0.15, 0.2) is 22.9 Å². The van der Waals surface area contributed by atoms with Crippen molar-refractivity contribution in [1.29, 1.82) is 0 Å². The Bertz CT molecular complexity index is 834. The summed E-state index contributed by atoms with van der Waals surface area (Å²) in [5, 5.41) is 9.10. The molecule has 0 spiro atoms. The first-order valence-corrected chi connectivity index (χ1v) is 8.95. The van der Waals surface area contributed by atoms with E-state index in [1.54, 1.807) is 0 Å². The van der Waals surface area contributed by atoms with E-state index >= 15 is 0 Å². The van der Waals surface area contributed by atoms with Gasteiger partial charge in [-0.15, -0.1) is 10.2 Å². The van der Waals surface area contributed by atoms with Crippen molar-refractivity contribution in [2.75, 3.05) is 5.75 Å². The fraction of sp³-hybridized carbons (Fsp3) is 0.211. The van der Waals surface area contributed by atoms with Crippen molar-refractivity contribution in [2.45, 2.75) is 18.2 Å². The zero-order valence-electron chi connectivity index (χ0n) is 14.1. The first kappa shape index (κ1) is 17.2. The topological polar surface area (TPSA) is 57.0 Å². The number of carbonyl (C=O) groups excluding carboxylic acids is 1. The molecule has 6 heteroatoms. The van der Waals surface area contributed by atoms with E-state index in [9.17, 15) is 4.79 Å². The van der Waals surface area contributed by atoms with Crippen molar-refractivity contribution in [2.24, 2.45) is 7.05 Å². The minimum Gasteiger partial charge on any atom is -0.483 e. The van der Waals surface area contributed by atoms with Gasteiger partial charge in [-0.05, 0) is 19.1 Å². The zero-order chi connectivity index (χ0) is 17.6. The third kappa shape index (κ3) is 4.28. The largest absolute Gasteiger partial charge is 0.483 e. The van der Waals surface area contributed by atoms with Crippen LogP contribution in [0.5, 0.6) is 5.75 Å². The minimum absolute atomic E-state index is 0.0729. The van der Waals surface area contributed by atoms with Crippen LogP contribution in [0, 0.1) is 0 Å². The Morgan fingerprint density at radius 3 is 2.40 bits per heavy atom. The van der Waals surface area contributed by atoms with Crippen LogP contribution in [0.15, 0.2) is 65.8 Å². The van der Waals surface area contributed by atoms with Gasteiger partial charge in [-0.3, -0.25) is 4.79 Å². The average molecular weight is 353 g/mol. The number of hydrogen-bond acceptors (Lipinski definition) is 5. The van der Waals surface area contributed by atoms with E-state index in [0.717, 1.165) is 11.6 Å². The van der Waals surface area contributed by atoms with Gasteiger partial charge in [0, 0.05) is 12.6 Å². The van der Waals surface area contributed by atoms with Crippen molar-refractivity contribution in [3.8, 4) is 5.75 Å². The van der Waals surface area contributed by atoms with Crippen molar-refractivity contribution in [3.05, 3.63) is 72.1 Å². The lowest BCUT2D eigenvalue weighted by Crippen LogP contribution is -2.10. The van der Waals surface area contributed by atoms with Crippen LogP contribution in [0.1, 0.15) is 29.2 Å². The molecule has 3 aromatic rings. The molecule has 1 heterocycles. The molecular weight excluding hydrogens is 334 g/mol. The molecule has 2 aromatic carbocycles. The molecule has 0 aliphatic heterocycles. The number of aromatic nitrogens is 3. The van der Waals surface area contributed by atoms with E-state index in [1.807, 2.05) is 79.2 Å². The second-order valence-corrected chi connectivity index (χ2v) is 6.49. The molecule has 0 saturated heterocycles. The third-order valence-corrected chi connectivity index (χ3v) is 4.74. The lowest BCUT2D eigenvalue weighted by Gasteiger charge is -2.14. The van der Waals surface area contributed by atoms with Crippen LogP contribution in [0.3, 0.4) is 0 Å². The Hall–Kier alpha value is -2.60. The SMILES string of the molecule is C[C@@H](Oc1ccccc1)c1nnc(SCC(=O)c2ccccc2)n1C. The average Bonchev–Trinajstić information content (AvgIpc) is 3.02. The quantitative estimate of drug-likeness (QED) is 0.476. The van der Waals surface area contributed by atoms with Crippen molar-refractivity contribution in [3.63, 3.8) is 0 Å². The minimum atomic E-state index is -0.237. The molecule has 1 aromatic heterocycles. The van der Waals surface area contributed by atoms with Crippen molar-refractivity contribution >= 4 is 17.5 Å². The van der Waals surface area contributed by atoms with Gasteiger partial charge < -0.3 is 9.30 Å². The molecule has 5 nitrogen and oxygen atoms in total. The number of nitrogens with zero attached hydrogens (tertiary/aromatic N) is 3. The Kier molecular flexibility index (Phi) is 5.50. The molecule has 0 aliphatic rings. The van der Waals surface area contributed by atoms with Crippen LogP contribution in [-0.2, 0) is 7.05 Å². The maximum atomic E-state index is 12.2. The third-order valence-electron chi connectivity index (χ3n) is 3.72. The zero-order valence-corrected chi connectivity index (χ0v) is 14.9. The van der Waals surface area contributed by atoms with Gasteiger partial charge in [-0.2, -0.15) is 0 Å². The summed E-state index contributed by atoms with van der Waals surface area (Å²) < 4.78 is 7.76. The molecule has 0 radical (unpaired) electrons. The van der Waals surface area contributed by atoms with E-state index in [-0.39, 0.29) is 11.9 Å². The highest BCUT2D eigenvalue weighted by Gasteiger charge is 2.18. The molecule has 3 rings (SSSR count). The number of rotatable bonds is 7. The van der Waals surface area contributed by atoms with E-state index in [2.05, 4.69) is 10.2 Å². The summed E-state index contributed by atoms with van der Waals surface area (Å²) in [4.78, 5) is 12.2. The van der Waals surface area contributed by atoms with Crippen LogP contribution >= 0.6 is 11.8 Å². The number of thioether (sulfide) groups is 1. The molecule has 0 amide bonds. The Balaban J connectivity index is 1.64. The molecule has 0 N–H and O–H groups in total. The van der Waals surface area contributed by atoms with Gasteiger partial charge >= 0.3 is 0 Å². The summed E-state index contributed by atoms with van der Waals surface area (Å²) in [5.74, 6) is 1.90. The summed E-state index contributed by atoms with van der Waals surface area (Å²) in [6, 6.07) is 18.9. The van der Waals surface area contributed by atoms with Crippen LogP contribution in [0.4, 0.5) is 0 Å². The molecule has 0 bridgehead atoms. The highest BCUT2D eigenvalue weighted by molar-refractivity contribution is 7.99. The molecule has 25 heavy (non-hydrogen) atoms. The van der Waals surface area contributed by atoms with Crippen LogP contribution in [0.25, 0.3) is 0 Å². The van der Waals surface area contributed by atoms with Gasteiger partial charge in [0.05, 0.1) is 5.75 Å². The number of ether oxygens (including phenoxy) is 1. The van der Waals surface area contributed by atoms with Gasteiger partial charge in [-0.1, -0.05) is 60.3 Å². The first-order chi connectivity index (χ1) is 12.1. The second-order valence-electron chi connectivity index (χ2n) is 5.55. The Labute approximate surface area is 151 Å². The Morgan fingerprint density at radius 2 is 1.72 bits per heavy atom. The van der Waals surface area contributed by atoms with Crippen molar-refractivity contribution in [1.82, 2.24) is 14.8 Å². The maximum Gasteiger partial charge on any atom is 0.191 e. The molecule has 0 fully saturated rings. The number of hydrogen-bond donors (Lipinski definition) is 0. The van der Waals surface area contributed by atoms with E-state index in [1.165, 1.54) is 11.8 Å². The lowest BCUT2D eigenvalue weighted by atomic mass is 10.2. The number of benzene rings is 2. The van der Waals surface area contributed by atoms with Crippen LogP contribution in [0.2, 0.25) is 0 Å². The number of para-hydroxylation sites is 1. The maximum absolute atomic E-state index is 12.2. The first-order valence-electron chi connectivity index (χ1n) is 7.97. The monoisotopic (exact) mass is 353 g/mol. The second kappa shape index (κ2) is 7.98. The number of ketones is 1.